The third kappa shape index (κ3) is 2.49. The van der Waals surface area contributed by atoms with E-state index in [-0.39, 0.29) is 5.91 Å². The second-order valence-electron chi connectivity index (χ2n) is 5.13. The zero-order chi connectivity index (χ0) is 12.6. The highest BCUT2D eigenvalue weighted by molar-refractivity contribution is 5.95. The van der Waals surface area contributed by atoms with E-state index < -0.39 is 5.60 Å². The van der Waals surface area contributed by atoms with Crippen LogP contribution in [0.1, 0.15) is 35.8 Å². The molecular formula is C12H19N3O2. The van der Waals surface area contributed by atoms with Gasteiger partial charge in [-0.15, -0.1) is 0 Å². The molecule has 0 aromatic carbocycles. The van der Waals surface area contributed by atoms with Crippen LogP contribution >= 0.6 is 0 Å². The minimum atomic E-state index is -0.760. The smallest absolute Gasteiger partial charge is 0.257 e. The summed E-state index contributed by atoms with van der Waals surface area (Å²) in [6.07, 6.45) is 3.34. The number of hydrogen-bond acceptors (Lipinski definition) is 3. The molecule has 17 heavy (non-hydrogen) atoms. The molecule has 0 spiro atoms. The highest BCUT2D eigenvalue weighted by Crippen LogP contribution is 2.22. The van der Waals surface area contributed by atoms with Crippen LogP contribution in [0.25, 0.3) is 0 Å². The van der Waals surface area contributed by atoms with Crippen molar-refractivity contribution in [2.24, 2.45) is 7.05 Å². The summed E-state index contributed by atoms with van der Waals surface area (Å²) in [4.78, 5) is 14.0. The Labute approximate surface area is 101 Å². The molecule has 5 heteroatoms. The Morgan fingerprint density at radius 2 is 2.29 bits per heavy atom. The van der Waals surface area contributed by atoms with E-state index in [0.29, 0.717) is 18.7 Å². The van der Waals surface area contributed by atoms with Gasteiger partial charge in [-0.1, -0.05) is 0 Å². The van der Waals surface area contributed by atoms with Gasteiger partial charge < -0.3 is 10.0 Å². The van der Waals surface area contributed by atoms with Crippen LogP contribution in [0.4, 0.5) is 0 Å². The molecule has 0 saturated carbocycles. The van der Waals surface area contributed by atoms with E-state index >= 15 is 0 Å². The van der Waals surface area contributed by atoms with Crippen LogP contribution in [0.3, 0.4) is 0 Å². The normalized spacial score (nSPS) is 25.1. The van der Waals surface area contributed by atoms with Crippen LogP contribution in [-0.2, 0) is 7.05 Å². The number of amides is 1. The molecule has 94 valence electrons. The lowest BCUT2D eigenvalue weighted by Gasteiger charge is -2.36. The fourth-order valence-electron chi connectivity index (χ4n) is 2.37. The van der Waals surface area contributed by atoms with Crippen molar-refractivity contribution in [1.29, 1.82) is 0 Å². The van der Waals surface area contributed by atoms with Crippen molar-refractivity contribution in [3.8, 4) is 0 Å². The Bertz CT molecular complexity index is 437. The summed E-state index contributed by atoms with van der Waals surface area (Å²) in [5, 5.41) is 14.2. The first kappa shape index (κ1) is 12.1. The molecule has 1 aromatic rings. The van der Waals surface area contributed by atoms with Gasteiger partial charge in [0.25, 0.3) is 5.91 Å². The van der Waals surface area contributed by atoms with Crippen LogP contribution in [0, 0.1) is 6.92 Å². The van der Waals surface area contributed by atoms with Gasteiger partial charge in [-0.05, 0) is 26.7 Å². The Morgan fingerprint density at radius 1 is 1.59 bits per heavy atom. The van der Waals surface area contributed by atoms with Crippen LogP contribution in [0.15, 0.2) is 6.20 Å². The summed E-state index contributed by atoms with van der Waals surface area (Å²) in [6, 6.07) is 0. The number of aromatic nitrogens is 2. The Morgan fingerprint density at radius 3 is 2.82 bits per heavy atom. The van der Waals surface area contributed by atoms with Crippen LogP contribution in [-0.4, -0.2) is 44.4 Å². The number of aliphatic hydroxyl groups is 1. The Balaban J connectivity index is 2.18. The van der Waals surface area contributed by atoms with Crippen molar-refractivity contribution < 1.29 is 9.90 Å². The molecule has 1 N–H and O–H groups in total. The molecule has 0 aliphatic carbocycles. The molecule has 5 nitrogen and oxygen atoms in total. The van der Waals surface area contributed by atoms with Crippen molar-refractivity contribution >= 4 is 5.91 Å². The summed E-state index contributed by atoms with van der Waals surface area (Å²) in [5.74, 6) is -0.0319. The largest absolute Gasteiger partial charge is 0.388 e. The Kier molecular flexibility index (Phi) is 2.95. The van der Waals surface area contributed by atoms with E-state index in [4.69, 9.17) is 0 Å². The molecule has 1 amide bonds. The molecular weight excluding hydrogens is 218 g/mol. The molecule has 2 rings (SSSR count). The molecule has 1 aliphatic heterocycles. The number of rotatable bonds is 1. The predicted molar refractivity (Wildman–Crippen MR) is 63.7 cm³/mol. The van der Waals surface area contributed by atoms with Gasteiger partial charge in [0.2, 0.25) is 0 Å². The molecule has 2 heterocycles. The summed E-state index contributed by atoms with van der Waals surface area (Å²) in [6.45, 7) is 4.72. The average molecular weight is 237 g/mol. The van der Waals surface area contributed by atoms with Gasteiger partial charge >= 0.3 is 0 Å². The fraction of sp³-hybridized carbons (Fsp3) is 0.667. The summed E-state index contributed by atoms with van der Waals surface area (Å²) in [7, 11) is 1.80. The minimum Gasteiger partial charge on any atom is -0.388 e. The maximum absolute atomic E-state index is 12.3. The first-order chi connectivity index (χ1) is 7.89. The van der Waals surface area contributed by atoms with Gasteiger partial charge in [-0.25, -0.2) is 0 Å². The lowest BCUT2D eigenvalue weighted by molar-refractivity contribution is -0.0107. The van der Waals surface area contributed by atoms with Crippen molar-refractivity contribution in [2.75, 3.05) is 13.1 Å². The van der Waals surface area contributed by atoms with E-state index in [1.54, 1.807) is 29.7 Å². The van der Waals surface area contributed by atoms with Crippen LogP contribution < -0.4 is 0 Å². The SMILES string of the molecule is Cc1nn(C)cc1C(=O)N1CCCC(C)(O)C1. The minimum absolute atomic E-state index is 0.0319. The topological polar surface area (TPSA) is 58.4 Å². The third-order valence-corrected chi connectivity index (χ3v) is 3.21. The molecule has 1 atom stereocenters. The van der Waals surface area contributed by atoms with E-state index in [2.05, 4.69) is 5.10 Å². The standard InChI is InChI=1S/C12H19N3O2/c1-9-10(7-14(3)13-9)11(16)15-6-4-5-12(2,17)8-15/h7,17H,4-6,8H2,1-3H3. The second kappa shape index (κ2) is 4.14. The fourth-order valence-corrected chi connectivity index (χ4v) is 2.37. The van der Waals surface area contributed by atoms with Crippen molar-refractivity contribution in [1.82, 2.24) is 14.7 Å². The van der Waals surface area contributed by atoms with E-state index in [0.717, 1.165) is 18.5 Å². The van der Waals surface area contributed by atoms with E-state index in [9.17, 15) is 9.90 Å². The lowest BCUT2D eigenvalue weighted by atomic mass is 9.95. The first-order valence-corrected chi connectivity index (χ1v) is 5.91. The van der Waals surface area contributed by atoms with E-state index in [1.807, 2.05) is 6.92 Å². The third-order valence-electron chi connectivity index (χ3n) is 3.21. The number of piperidine rings is 1. The maximum atomic E-state index is 12.3. The maximum Gasteiger partial charge on any atom is 0.257 e. The predicted octanol–water partition coefficient (Wildman–Crippen LogP) is 0.716. The van der Waals surface area contributed by atoms with E-state index in [1.165, 1.54) is 0 Å². The average Bonchev–Trinajstić information content (AvgIpc) is 2.55. The van der Waals surface area contributed by atoms with Crippen LogP contribution in [0.2, 0.25) is 0 Å². The van der Waals surface area contributed by atoms with Crippen LogP contribution in [0.5, 0.6) is 0 Å². The van der Waals surface area contributed by atoms with Crippen molar-refractivity contribution in [2.45, 2.75) is 32.3 Å². The Hall–Kier alpha value is -1.36. The van der Waals surface area contributed by atoms with Gasteiger partial charge in [0.05, 0.1) is 16.9 Å². The van der Waals surface area contributed by atoms with Crippen molar-refractivity contribution in [3.05, 3.63) is 17.5 Å². The van der Waals surface area contributed by atoms with Gasteiger partial charge in [-0.2, -0.15) is 5.10 Å². The molecule has 0 bridgehead atoms. The summed E-state index contributed by atoms with van der Waals surface area (Å²) in [5.41, 5.74) is 0.609. The zero-order valence-corrected chi connectivity index (χ0v) is 10.6. The monoisotopic (exact) mass is 237 g/mol. The number of aryl methyl sites for hydroxylation is 2. The summed E-state index contributed by atoms with van der Waals surface area (Å²) >= 11 is 0. The lowest BCUT2D eigenvalue weighted by Crippen LogP contribution is -2.48. The number of carbonyl (C=O) groups is 1. The number of hydrogen-bond donors (Lipinski definition) is 1. The van der Waals surface area contributed by atoms with Gasteiger partial charge in [0.15, 0.2) is 0 Å². The summed E-state index contributed by atoms with van der Waals surface area (Å²) < 4.78 is 1.64. The van der Waals surface area contributed by atoms with Gasteiger partial charge in [-0.3, -0.25) is 9.48 Å². The zero-order valence-electron chi connectivity index (χ0n) is 10.6. The van der Waals surface area contributed by atoms with Crippen molar-refractivity contribution in [3.63, 3.8) is 0 Å². The van der Waals surface area contributed by atoms with Gasteiger partial charge in [0, 0.05) is 26.3 Å². The quantitative estimate of drug-likeness (QED) is 0.782. The molecule has 1 saturated heterocycles. The molecule has 1 fully saturated rings. The number of β-amino-alcohol motifs (C(OH)–C–C–N with tert-alkyl or cyclic N) is 1. The molecule has 1 aliphatic rings. The van der Waals surface area contributed by atoms with Gasteiger partial charge in [0.1, 0.15) is 0 Å². The second-order valence-corrected chi connectivity index (χ2v) is 5.13. The highest BCUT2D eigenvalue weighted by Gasteiger charge is 2.32. The number of carbonyl (C=O) groups excluding carboxylic acids is 1. The first-order valence-electron chi connectivity index (χ1n) is 5.91. The number of likely N-dealkylation sites (tertiary alicyclic amines) is 1. The highest BCUT2D eigenvalue weighted by atomic mass is 16.3. The number of nitrogens with zero attached hydrogens (tertiary/aromatic N) is 3. The molecule has 1 aromatic heterocycles. The molecule has 1 unspecified atom stereocenters. The molecule has 0 radical (unpaired) electrons.